The van der Waals surface area contributed by atoms with Crippen LogP contribution >= 0.6 is 11.3 Å². The summed E-state index contributed by atoms with van der Waals surface area (Å²) in [5.41, 5.74) is 0.427. The van der Waals surface area contributed by atoms with Gasteiger partial charge in [-0.25, -0.2) is 18.4 Å². The van der Waals surface area contributed by atoms with Crippen LogP contribution in [-0.4, -0.2) is 38.6 Å². The van der Waals surface area contributed by atoms with Crippen molar-refractivity contribution >= 4 is 39.9 Å². The number of nitrogens with one attached hydrogen (secondary N) is 2. The fourth-order valence-corrected chi connectivity index (χ4v) is 3.38. The molecule has 27 heavy (non-hydrogen) atoms. The van der Waals surface area contributed by atoms with E-state index in [-0.39, 0.29) is 27.7 Å². The third-order valence-electron chi connectivity index (χ3n) is 3.48. The molecular weight excluding hydrogens is 382 g/mol. The van der Waals surface area contributed by atoms with E-state index in [0.717, 1.165) is 23.5 Å². The molecule has 0 bridgehead atoms. The Bertz CT molecular complexity index is 877. The van der Waals surface area contributed by atoms with Gasteiger partial charge in [0.1, 0.15) is 21.5 Å². The Hall–Kier alpha value is -3.01. The normalized spacial score (nSPS) is 10.3. The van der Waals surface area contributed by atoms with Crippen LogP contribution in [0.25, 0.3) is 0 Å². The maximum absolute atomic E-state index is 13.2. The van der Waals surface area contributed by atoms with Gasteiger partial charge >= 0.3 is 11.9 Å². The minimum atomic E-state index is -0.789. The smallest absolute Gasteiger partial charge is 0.348 e. The first-order valence-corrected chi connectivity index (χ1v) is 8.38. The van der Waals surface area contributed by atoms with E-state index in [0.29, 0.717) is 11.6 Å². The third-order valence-corrected chi connectivity index (χ3v) is 4.66. The summed E-state index contributed by atoms with van der Waals surface area (Å²) in [5.74, 6) is -3.56. The van der Waals surface area contributed by atoms with Crippen LogP contribution < -0.4 is 10.6 Å². The first-order chi connectivity index (χ1) is 12.8. The van der Waals surface area contributed by atoms with Crippen molar-refractivity contribution in [2.24, 2.45) is 0 Å². The number of benzene rings is 1. The predicted octanol–water partition coefficient (Wildman–Crippen LogP) is 2.96. The Morgan fingerprint density at radius 3 is 2.19 bits per heavy atom. The summed E-state index contributed by atoms with van der Waals surface area (Å²) in [4.78, 5) is 36.1. The molecule has 2 N–H and O–H groups in total. The molecule has 10 heteroatoms. The van der Waals surface area contributed by atoms with Crippen LogP contribution in [0, 0.1) is 18.6 Å². The number of hydrogen-bond acceptors (Lipinski definition) is 7. The number of carbonyl (C=O) groups is 3. The van der Waals surface area contributed by atoms with Gasteiger partial charge in [-0.3, -0.25) is 4.79 Å². The number of methoxy groups -OCH3 is 2. The van der Waals surface area contributed by atoms with E-state index in [9.17, 15) is 23.2 Å². The molecule has 0 atom stereocenters. The van der Waals surface area contributed by atoms with E-state index >= 15 is 0 Å². The molecule has 144 valence electrons. The maximum Gasteiger partial charge on any atom is 0.348 e. The Labute approximate surface area is 157 Å². The lowest BCUT2D eigenvalue weighted by Crippen LogP contribution is -2.22. The fraction of sp³-hybridized carbons (Fsp3) is 0.235. The molecule has 2 rings (SSSR count). The molecule has 0 saturated heterocycles. The highest BCUT2D eigenvalue weighted by Gasteiger charge is 2.26. The lowest BCUT2D eigenvalue weighted by molar-refractivity contribution is -0.114. The van der Waals surface area contributed by atoms with Gasteiger partial charge in [0, 0.05) is 11.8 Å². The van der Waals surface area contributed by atoms with E-state index < -0.39 is 29.5 Å². The molecule has 0 aliphatic rings. The van der Waals surface area contributed by atoms with Crippen molar-refractivity contribution in [1.82, 2.24) is 0 Å². The minimum Gasteiger partial charge on any atom is -0.465 e. The summed E-state index contributed by atoms with van der Waals surface area (Å²) in [7, 11) is 2.36. The van der Waals surface area contributed by atoms with E-state index in [2.05, 4.69) is 20.1 Å². The molecule has 1 amide bonds. The minimum absolute atomic E-state index is 0.0352. The monoisotopic (exact) mass is 398 g/mol. The number of amides is 1. The van der Waals surface area contributed by atoms with Crippen molar-refractivity contribution in [1.29, 1.82) is 0 Å². The van der Waals surface area contributed by atoms with Crippen molar-refractivity contribution in [2.75, 3.05) is 31.4 Å². The van der Waals surface area contributed by atoms with E-state index in [1.54, 1.807) is 0 Å². The summed E-state index contributed by atoms with van der Waals surface area (Å²) < 4.78 is 35.7. The number of anilines is 2. The second-order valence-corrected chi connectivity index (χ2v) is 6.32. The average molecular weight is 398 g/mol. The summed E-state index contributed by atoms with van der Waals surface area (Å²) in [6, 6.07) is 2.76. The topological polar surface area (TPSA) is 93.7 Å². The Morgan fingerprint density at radius 2 is 1.63 bits per heavy atom. The van der Waals surface area contributed by atoms with Crippen LogP contribution in [0.3, 0.4) is 0 Å². The number of ether oxygens (including phenoxy) is 2. The molecule has 0 saturated carbocycles. The van der Waals surface area contributed by atoms with Crippen LogP contribution in [0.15, 0.2) is 18.2 Å². The zero-order valence-corrected chi connectivity index (χ0v) is 15.5. The number of esters is 2. The quantitative estimate of drug-likeness (QED) is 0.727. The van der Waals surface area contributed by atoms with Gasteiger partial charge < -0.3 is 20.1 Å². The highest BCUT2D eigenvalue weighted by atomic mass is 32.1. The van der Waals surface area contributed by atoms with Crippen LogP contribution in [0.1, 0.15) is 25.6 Å². The van der Waals surface area contributed by atoms with Gasteiger partial charge in [0.2, 0.25) is 5.91 Å². The number of halogens is 2. The zero-order chi connectivity index (χ0) is 20.1. The molecule has 0 aliphatic carbocycles. The van der Waals surface area contributed by atoms with Gasteiger partial charge in [0.15, 0.2) is 0 Å². The van der Waals surface area contributed by atoms with Gasteiger partial charge in [-0.2, -0.15) is 0 Å². The van der Waals surface area contributed by atoms with Crippen molar-refractivity contribution in [3.63, 3.8) is 0 Å². The summed E-state index contributed by atoms with van der Waals surface area (Å²) in [6.45, 7) is 1.20. The van der Waals surface area contributed by atoms with Crippen LogP contribution in [0.2, 0.25) is 0 Å². The van der Waals surface area contributed by atoms with Gasteiger partial charge in [-0.1, -0.05) is 0 Å². The Kier molecular flexibility index (Phi) is 6.45. The van der Waals surface area contributed by atoms with E-state index in [4.69, 9.17) is 0 Å². The standard InChI is InChI=1S/C17H16F2N2O5S/c1-8-13(16(23)25-2)15(27-14(8)17(24)26-3)21-12(22)7-20-11-5-9(18)4-10(19)6-11/h4-6,20H,7H2,1-3H3,(H,21,22). The summed E-state index contributed by atoms with van der Waals surface area (Å²) >= 11 is 0.862. The summed E-state index contributed by atoms with van der Waals surface area (Å²) in [5, 5.41) is 5.16. The molecule has 1 heterocycles. The van der Waals surface area contributed by atoms with Gasteiger partial charge in [-0.05, 0) is 24.6 Å². The van der Waals surface area contributed by atoms with E-state index in [1.165, 1.54) is 21.1 Å². The molecule has 0 spiro atoms. The first kappa shape index (κ1) is 20.3. The van der Waals surface area contributed by atoms with Gasteiger partial charge in [0.05, 0.1) is 26.3 Å². The first-order valence-electron chi connectivity index (χ1n) is 7.56. The molecule has 1 aromatic heterocycles. The van der Waals surface area contributed by atoms with Crippen molar-refractivity contribution in [3.8, 4) is 0 Å². The average Bonchev–Trinajstić information content (AvgIpc) is 2.94. The molecule has 1 aromatic carbocycles. The highest BCUT2D eigenvalue weighted by molar-refractivity contribution is 7.18. The van der Waals surface area contributed by atoms with Crippen molar-refractivity contribution < 1.29 is 32.6 Å². The lowest BCUT2D eigenvalue weighted by Gasteiger charge is -2.08. The molecule has 7 nitrogen and oxygen atoms in total. The Balaban J connectivity index is 2.18. The number of rotatable bonds is 6. The van der Waals surface area contributed by atoms with Crippen molar-refractivity contribution in [3.05, 3.63) is 45.8 Å². The third kappa shape index (κ3) is 4.79. The zero-order valence-electron chi connectivity index (χ0n) is 14.6. The SMILES string of the molecule is COC(=O)c1sc(NC(=O)CNc2cc(F)cc(F)c2)c(C(=O)OC)c1C. The van der Waals surface area contributed by atoms with Crippen LogP contribution in [-0.2, 0) is 14.3 Å². The number of thiophene rings is 1. The van der Waals surface area contributed by atoms with Crippen LogP contribution in [0.5, 0.6) is 0 Å². The molecule has 0 fully saturated rings. The second kappa shape index (κ2) is 8.58. The lowest BCUT2D eigenvalue weighted by atomic mass is 10.1. The second-order valence-electron chi connectivity index (χ2n) is 5.30. The number of carbonyl (C=O) groups excluding carboxylic acids is 3. The largest absolute Gasteiger partial charge is 0.465 e. The van der Waals surface area contributed by atoms with Gasteiger partial charge in [-0.15, -0.1) is 11.3 Å². The predicted molar refractivity (Wildman–Crippen MR) is 95.2 cm³/mol. The molecule has 0 radical (unpaired) electrons. The fourth-order valence-electron chi connectivity index (χ4n) is 2.25. The van der Waals surface area contributed by atoms with Gasteiger partial charge in [0.25, 0.3) is 0 Å². The maximum atomic E-state index is 13.2. The molecule has 0 aliphatic heterocycles. The molecule has 2 aromatic rings. The summed E-state index contributed by atoms with van der Waals surface area (Å²) in [6.07, 6.45) is 0. The van der Waals surface area contributed by atoms with Crippen molar-refractivity contribution in [2.45, 2.75) is 6.92 Å². The molecular formula is C17H16F2N2O5S. The Morgan fingerprint density at radius 1 is 1.04 bits per heavy atom. The number of hydrogen-bond donors (Lipinski definition) is 2. The molecule has 0 unspecified atom stereocenters. The highest BCUT2D eigenvalue weighted by Crippen LogP contribution is 2.34. The van der Waals surface area contributed by atoms with E-state index in [1.807, 2.05) is 0 Å². The van der Waals surface area contributed by atoms with Crippen LogP contribution in [0.4, 0.5) is 19.5 Å².